The van der Waals surface area contributed by atoms with Crippen LogP contribution in [0.15, 0.2) is 0 Å². The molecular formula is C6H16N2O2S. The molecule has 0 heterocycles. The van der Waals surface area contributed by atoms with Crippen LogP contribution in [0.4, 0.5) is 0 Å². The topological polar surface area (TPSA) is 58.2 Å². The molecule has 0 rings (SSSR count). The molecule has 0 aliphatic carbocycles. The van der Waals surface area contributed by atoms with Crippen molar-refractivity contribution in [3.8, 4) is 0 Å². The fourth-order valence-electron chi connectivity index (χ4n) is 0.597. The van der Waals surface area contributed by atoms with Crippen molar-refractivity contribution >= 4 is 10.0 Å². The van der Waals surface area contributed by atoms with Crippen molar-refractivity contribution in [3.05, 3.63) is 0 Å². The van der Waals surface area contributed by atoms with Crippen molar-refractivity contribution in [2.75, 3.05) is 19.3 Å². The molecule has 0 aromatic heterocycles. The fourth-order valence-corrected chi connectivity index (χ4v) is 1.07. The Labute approximate surface area is 68.4 Å². The molecule has 0 saturated heterocycles. The Morgan fingerprint density at radius 2 is 1.82 bits per heavy atom. The average Bonchev–Trinajstić information content (AvgIpc) is 1.78. The molecule has 0 fully saturated rings. The molecule has 68 valence electrons. The zero-order valence-electron chi connectivity index (χ0n) is 7.22. The monoisotopic (exact) mass is 180 g/mol. The number of nitrogens with one attached hydrogen (secondary N) is 2. The summed E-state index contributed by atoms with van der Waals surface area (Å²) in [7, 11) is -3.01. The minimum atomic E-state index is -3.01. The van der Waals surface area contributed by atoms with Gasteiger partial charge in [0, 0.05) is 19.1 Å². The van der Waals surface area contributed by atoms with Crippen molar-refractivity contribution in [1.82, 2.24) is 10.0 Å². The maximum absolute atomic E-state index is 10.5. The standard InChI is InChI=1S/C6H16N2O2S/c1-6(2)7-4-5-8-11(3,9)10/h6-8H,4-5H2,1-3H3. The van der Waals surface area contributed by atoms with E-state index >= 15 is 0 Å². The van der Waals surface area contributed by atoms with Crippen LogP contribution in [0, 0.1) is 0 Å². The third-order valence-corrected chi connectivity index (χ3v) is 1.77. The number of rotatable bonds is 5. The highest BCUT2D eigenvalue weighted by atomic mass is 32.2. The van der Waals surface area contributed by atoms with Crippen molar-refractivity contribution < 1.29 is 8.42 Å². The van der Waals surface area contributed by atoms with Crippen LogP contribution in [0.1, 0.15) is 13.8 Å². The van der Waals surface area contributed by atoms with Crippen LogP contribution in [0.5, 0.6) is 0 Å². The van der Waals surface area contributed by atoms with E-state index in [-0.39, 0.29) is 0 Å². The van der Waals surface area contributed by atoms with Gasteiger partial charge in [-0.1, -0.05) is 13.8 Å². The molecule has 0 radical (unpaired) electrons. The lowest BCUT2D eigenvalue weighted by molar-refractivity contribution is 0.563. The highest BCUT2D eigenvalue weighted by Gasteiger charge is 1.98. The van der Waals surface area contributed by atoms with Gasteiger partial charge in [0.2, 0.25) is 10.0 Å². The maximum atomic E-state index is 10.5. The molecule has 0 atom stereocenters. The second kappa shape index (κ2) is 4.69. The number of hydrogen-bond acceptors (Lipinski definition) is 3. The normalized spacial score (nSPS) is 12.4. The summed E-state index contributed by atoms with van der Waals surface area (Å²) in [6.07, 6.45) is 1.16. The fraction of sp³-hybridized carbons (Fsp3) is 1.00. The van der Waals surface area contributed by atoms with Crippen LogP contribution in [0.3, 0.4) is 0 Å². The summed E-state index contributed by atoms with van der Waals surface area (Å²) in [6.45, 7) is 5.16. The van der Waals surface area contributed by atoms with Gasteiger partial charge in [0.1, 0.15) is 0 Å². The smallest absolute Gasteiger partial charge is 0.208 e. The van der Waals surface area contributed by atoms with Gasteiger partial charge in [-0.2, -0.15) is 0 Å². The van der Waals surface area contributed by atoms with Crippen LogP contribution in [-0.4, -0.2) is 33.8 Å². The minimum Gasteiger partial charge on any atom is -0.313 e. The summed E-state index contributed by atoms with van der Waals surface area (Å²) < 4.78 is 23.5. The second-order valence-electron chi connectivity index (χ2n) is 2.78. The van der Waals surface area contributed by atoms with Crippen molar-refractivity contribution in [1.29, 1.82) is 0 Å². The largest absolute Gasteiger partial charge is 0.313 e. The summed E-state index contributed by atoms with van der Waals surface area (Å²) in [5, 5.41) is 3.09. The van der Waals surface area contributed by atoms with Crippen LogP contribution >= 0.6 is 0 Å². The first kappa shape index (κ1) is 10.9. The first-order chi connectivity index (χ1) is 4.92. The molecular weight excluding hydrogens is 164 g/mol. The molecule has 2 N–H and O–H groups in total. The van der Waals surface area contributed by atoms with Crippen LogP contribution < -0.4 is 10.0 Å². The van der Waals surface area contributed by atoms with Crippen molar-refractivity contribution in [2.24, 2.45) is 0 Å². The van der Waals surface area contributed by atoms with Gasteiger partial charge in [-0.15, -0.1) is 0 Å². The molecule has 0 aliphatic rings. The first-order valence-corrected chi connectivity index (χ1v) is 5.49. The van der Waals surface area contributed by atoms with E-state index in [0.29, 0.717) is 19.1 Å². The van der Waals surface area contributed by atoms with Gasteiger partial charge < -0.3 is 5.32 Å². The molecule has 0 aromatic rings. The molecule has 4 nitrogen and oxygen atoms in total. The number of hydrogen-bond donors (Lipinski definition) is 2. The van der Waals surface area contributed by atoms with Gasteiger partial charge in [-0.25, -0.2) is 13.1 Å². The molecule has 0 unspecified atom stereocenters. The van der Waals surface area contributed by atoms with Gasteiger partial charge in [-0.3, -0.25) is 0 Å². The van der Waals surface area contributed by atoms with Crippen LogP contribution in [-0.2, 0) is 10.0 Å². The number of sulfonamides is 1. The SMILES string of the molecule is CC(C)NCCNS(C)(=O)=O. The van der Waals surface area contributed by atoms with Crippen molar-refractivity contribution in [3.63, 3.8) is 0 Å². The third-order valence-electron chi connectivity index (χ3n) is 1.04. The van der Waals surface area contributed by atoms with E-state index < -0.39 is 10.0 Å². The zero-order valence-corrected chi connectivity index (χ0v) is 8.03. The summed E-state index contributed by atoms with van der Waals surface area (Å²) >= 11 is 0. The molecule has 11 heavy (non-hydrogen) atoms. The molecule has 0 aliphatic heterocycles. The summed E-state index contributed by atoms with van der Waals surface area (Å²) in [5.41, 5.74) is 0. The van der Waals surface area contributed by atoms with E-state index in [1.54, 1.807) is 0 Å². The lowest BCUT2D eigenvalue weighted by atomic mass is 10.4. The quantitative estimate of drug-likeness (QED) is 0.563. The molecule has 5 heteroatoms. The Morgan fingerprint density at radius 3 is 2.18 bits per heavy atom. The average molecular weight is 180 g/mol. The van der Waals surface area contributed by atoms with E-state index in [4.69, 9.17) is 0 Å². The van der Waals surface area contributed by atoms with Gasteiger partial charge >= 0.3 is 0 Å². The van der Waals surface area contributed by atoms with Crippen LogP contribution in [0.2, 0.25) is 0 Å². The van der Waals surface area contributed by atoms with Gasteiger partial charge in [0.15, 0.2) is 0 Å². The Hall–Kier alpha value is -0.130. The summed E-state index contributed by atoms with van der Waals surface area (Å²) in [5.74, 6) is 0. The highest BCUT2D eigenvalue weighted by Crippen LogP contribution is 1.75. The Bertz CT molecular complexity index is 187. The predicted octanol–water partition coefficient (Wildman–Crippen LogP) is -0.466. The van der Waals surface area contributed by atoms with E-state index in [1.165, 1.54) is 0 Å². The predicted molar refractivity (Wildman–Crippen MR) is 46.0 cm³/mol. The molecule has 0 bridgehead atoms. The van der Waals surface area contributed by atoms with Crippen LogP contribution in [0.25, 0.3) is 0 Å². The third kappa shape index (κ3) is 9.87. The summed E-state index contributed by atoms with van der Waals surface area (Å²) in [4.78, 5) is 0. The minimum absolute atomic E-state index is 0.399. The van der Waals surface area contributed by atoms with E-state index in [1.807, 2.05) is 13.8 Å². The zero-order chi connectivity index (χ0) is 8.91. The van der Waals surface area contributed by atoms with Gasteiger partial charge in [0.05, 0.1) is 6.26 Å². The second-order valence-corrected chi connectivity index (χ2v) is 4.61. The van der Waals surface area contributed by atoms with E-state index in [9.17, 15) is 8.42 Å². The van der Waals surface area contributed by atoms with Gasteiger partial charge in [0.25, 0.3) is 0 Å². The summed E-state index contributed by atoms with van der Waals surface area (Å²) in [6, 6.07) is 0.399. The lowest BCUT2D eigenvalue weighted by Crippen LogP contribution is -2.34. The Balaban J connectivity index is 3.30. The molecule has 0 amide bonds. The lowest BCUT2D eigenvalue weighted by Gasteiger charge is -2.07. The maximum Gasteiger partial charge on any atom is 0.208 e. The molecule has 0 aromatic carbocycles. The van der Waals surface area contributed by atoms with E-state index in [0.717, 1.165) is 6.26 Å². The molecule has 0 spiro atoms. The van der Waals surface area contributed by atoms with Crippen molar-refractivity contribution in [2.45, 2.75) is 19.9 Å². The van der Waals surface area contributed by atoms with E-state index in [2.05, 4.69) is 10.0 Å². The first-order valence-electron chi connectivity index (χ1n) is 3.60. The Morgan fingerprint density at radius 1 is 1.27 bits per heavy atom. The Kier molecular flexibility index (Phi) is 4.63. The molecule has 0 saturated carbocycles. The highest BCUT2D eigenvalue weighted by molar-refractivity contribution is 7.88. The van der Waals surface area contributed by atoms with Gasteiger partial charge in [-0.05, 0) is 0 Å².